The van der Waals surface area contributed by atoms with E-state index in [0.29, 0.717) is 91.9 Å². The van der Waals surface area contributed by atoms with E-state index in [-0.39, 0.29) is 53.8 Å². The lowest BCUT2D eigenvalue weighted by Gasteiger charge is -2.15. The third-order valence-electron chi connectivity index (χ3n) is 16.4. The van der Waals surface area contributed by atoms with Gasteiger partial charge in [-0.05, 0) is 92.7 Å². The summed E-state index contributed by atoms with van der Waals surface area (Å²) in [6.45, 7) is 1.51. The number of carbonyl (C=O) groups excluding carboxylic acids is 2. The highest BCUT2D eigenvalue weighted by Gasteiger charge is 2.39. The third-order valence-corrected chi connectivity index (χ3v) is 16.4. The van der Waals surface area contributed by atoms with E-state index < -0.39 is 12.5 Å². The number of unbranched alkanes of at least 4 members (excludes halogenated alkanes) is 1. The Labute approximate surface area is 511 Å². The second-order valence-electron chi connectivity index (χ2n) is 22.0. The fraction of sp³-hybridized carbons (Fsp3) is 0.338. The fourth-order valence-corrected chi connectivity index (χ4v) is 12.3. The van der Waals surface area contributed by atoms with Gasteiger partial charge in [0.2, 0.25) is 11.8 Å². The molecule has 2 unspecified atom stereocenters. The Morgan fingerprint density at radius 3 is 1.69 bits per heavy atom. The number of amides is 2. The SMILES string of the molecule is COC[C@H]1O[C@@H](n2nc(C#CCCNC(=O)CCCCc3c4ccccc4nc4ccccc34)c3c(=O)[nH]cnc32)CC1OC.COC[C@H]1O[C@@H](n2nc(C#CCCNC(=O)Cc3cc4cccc5ccc6cccc3c6c54)c3c(=O)[nH]cnc32)CC1OC. The first-order chi connectivity index (χ1) is 43.6. The molecule has 2 fully saturated rings. The van der Waals surface area contributed by atoms with E-state index in [2.05, 4.69) is 125 Å². The Balaban J connectivity index is 0.000000173. The van der Waals surface area contributed by atoms with Gasteiger partial charge in [0, 0.05) is 84.4 Å². The molecule has 0 saturated carbocycles. The molecule has 2 aliphatic rings. The Kier molecular flexibility index (Phi) is 18.4. The summed E-state index contributed by atoms with van der Waals surface area (Å²) in [6, 6.07) is 35.4. The molecule has 4 N–H and O–H groups in total. The van der Waals surface area contributed by atoms with E-state index in [1.54, 1.807) is 37.8 Å². The van der Waals surface area contributed by atoms with Crippen LogP contribution in [0.3, 0.4) is 0 Å². The number of aromatic nitrogens is 9. The zero-order valence-electron chi connectivity index (χ0n) is 49.8. The van der Waals surface area contributed by atoms with Crippen molar-refractivity contribution in [3.63, 3.8) is 0 Å². The molecule has 7 heterocycles. The average molecular weight is 1200 g/mol. The normalized spacial score (nSPS) is 18.2. The molecule has 89 heavy (non-hydrogen) atoms. The van der Waals surface area contributed by atoms with Gasteiger partial charge in [-0.3, -0.25) is 19.2 Å². The summed E-state index contributed by atoms with van der Waals surface area (Å²) in [5.74, 6) is 12.0. The van der Waals surface area contributed by atoms with Crippen LogP contribution in [0.4, 0.5) is 0 Å². The number of fused-ring (bicyclic) bond motifs is 4. The Morgan fingerprint density at radius 2 is 1.12 bits per heavy atom. The first-order valence-corrected chi connectivity index (χ1v) is 29.8. The molecule has 13 rings (SSSR count). The predicted molar refractivity (Wildman–Crippen MR) is 338 cm³/mol. The molecule has 21 heteroatoms. The Hall–Kier alpha value is -9.45. The maximum absolute atomic E-state index is 13.0. The van der Waals surface area contributed by atoms with Crippen molar-refractivity contribution < 1.29 is 38.0 Å². The number of rotatable bonds is 19. The number of hydrogen-bond donors (Lipinski definition) is 4. The second kappa shape index (κ2) is 27.3. The smallest absolute Gasteiger partial charge is 0.263 e. The van der Waals surface area contributed by atoms with Crippen molar-refractivity contribution in [2.24, 2.45) is 0 Å². The van der Waals surface area contributed by atoms with Crippen molar-refractivity contribution in [1.29, 1.82) is 0 Å². The van der Waals surface area contributed by atoms with E-state index in [1.807, 2.05) is 42.5 Å². The highest BCUT2D eigenvalue weighted by atomic mass is 16.6. The Morgan fingerprint density at radius 1 is 0.607 bits per heavy atom. The maximum Gasteiger partial charge on any atom is 0.263 e. The van der Waals surface area contributed by atoms with Crippen LogP contribution in [0, 0.1) is 23.7 Å². The summed E-state index contributed by atoms with van der Waals surface area (Å²) in [4.78, 5) is 69.7. The number of hydrogen-bond acceptors (Lipinski definition) is 15. The minimum Gasteiger partial charge on any atom is -0.382 e. The number of aromatic amines is 2. The molecule has 6 atom stereocenters. The van der Waals surface area contributed by atoms with E-state index in [9.17, 15) is 19.2 Å². The van der Waals surface area contributed by atoms with E-state index in [4.69, 9.17) is 33.4 Å². The minimum absolute atomic E-state index is 0.00620. The van der Waals surface area contributed by atoms with Crippen molar-refractivity contribution in [2.45, 2.75) is 94.7 Å². The van der Waals surface area contributed by atoms with Crippen LogP contribution in [-0.4, -0.2) is 135 Å². The summed E-state index contributed by atoms with van der Waals surface area (Å²) < 4.78 is 37.1. The summed E-state index contributed by atoms with van der Waals surface area (Å²) >= 11 is 0. The number of pyridine rings is 1. The summed E-state index contributed by atoms with van der Waals surface area (Å²) in [7, 11) is 6.48. The lowest BCUT2D eigenvalue weighted by molar-refractivity contribution is -0.121. The molecule has 2 saturated heterocycles. The first kappa shape index (κ1) is 59.9. The molecular formula is C68H67N11O10. The summed E-state index contributed by atoms with van der Waals surface area (Å²) in [5.41, 5.74) is 5.00. The number of para-hydroxylation sites is 2. The zero-order chi connectivity index (χ0) is 61.4. The molecule has 454 valence electrons. The van der Waals surface area contributed by atoms with Gasteiger partial charge in [0.25, 0.3) is 11.1 Å². The van der Waals surface area contributed by atoms with Crippen molar-refractivity contribution in [3.8, 4) is 23.7 Å². The molecule has 0 aliphatic carbocycles. The molecule has 2 amide bonds. The third kappa shape index (κ3) is 12.7. The number of carbonyl (C=O) groups is 2. The standard InChI is InChI=1S/C34H36N6O5.C34H31N5O5/c1-43-20-29-28(44-2)19-31(45-29)40-33-32(34(42)37-21-36-33)27(39-40)16-9-10-18-35-30(41)17-8-5-11-22-23-12-3-6-14-25(23)38-26-15-7-4-13-24(22)26;1-42-18-27-26(43-2)17-29(44-27)39-33-32(34(41)37-19-36-33)25(38-39)11-3-4-14-35-28(40)16-23-15-22-9-5-7-20-12-13-21-8-6-10-24(23)31(21)30(20)22/h3-4,6-7,12-15,21,28-29,31H,5,8,10-11,17-20H2,1-2H3,(H,35,41)(H,36,37,42);5-10,12-13,15,19,26-27,29H,4,14,16-18H2,1-2H3,(H,35,40)(H,36,37,41)/t28?,29-,31-;26?,27-,29-/m11/s1. The fourth-order valence-electron chi connectivity index (χ4n) is 12.3. The monoisotopic (exact) mass is 1200 g/mol. The quantitative estimate of drug-likeness (QED) is 0.0258. The van der Waals surface area contributed by atoms with Crippen LogP contribution in [0.25, 0.3) is 76.2 Å². The molecule has 0 spiro atoms. The van der Waals surface area contributed by atoms with Crippen molar-refractivity contribution in [3.05, 3.63) is 159 Å². The van der Waals surface area contributed by atoms with Gasteiger partial charge < -0.3 is 49.0 Å². The first-order valence-electron chi connectivity index (χ1n) is 29.8. The number of methoxy groups -OCH3 is 4. The number of H-pyrrole nitrogens is 2. The molecular weight excluding hydrogens is 1130 g/mol. The van der Waals surface area contributed by atoms with Crippen molar-refractivity contribution >= 4 is 88.0 Å². The molecule has 0 radical (unpaired) electrons. The molecule has 5 aromatic heterocycles. The minimum atomic E-state index is -0.481. The highest BCUT2D eigenvalue weighted by molar-refractivity contribution is 6.24. The number of benzene rings is 6. The van der Waals surface area contributed by atoms with Crippen LogP contribution in [0.5, 0.6) is 0 Å². The maximum atomic E-state index is 13.0. The number of nitrogens with one attached hydrogen (secondary N) is 4. The van der Waals surface area contributed by atoms with Gasteiger partial charge in [-0.2, -0.15) is 10.2 Å². The zero-order valence-corrected chi connectivity index (χ0v) is 49.8. The van der Waals surface area contributed by atoms with Gasteiger partial charge in [0.15, 0.2) is 35.1 Å². The number of ether oxygens (including phenoxy) is 6. The molecule has 21 nitrogen and oxygen atoms in total. The topological polar surface area (TPSA) is 254 Å². The van der Waals surface area contributed by atoms with Gasteiger partial charge in [0.1, 0.15) is 23.0 Å². The van der Waals surface area contributed by atoms with Gasteiger partial charge >= 0.3 is 0 Å². The molecule has 11 aromatic rings. The van der Waals surface area contributed by atoms with Crippen molar-refractivity contribution in [2.75, 3.05) is 54.7 Å². The van der Waals surface area contributed by atoms with Crippen LogP contribution in [0.1, 0.15) is 79.9 Å². The van der Waals surface area contributed by atoms with E-state index >= 15 is 0 Å². The van der Waals surface area contributed by atoms with Gasteiger partial charge in [0.05, 0.1) is 55.5 Å². The predicted octanol–water partition coefficient (Wildman–Crippen LogP) is 8.11. The van der Waals surface area contributed by atoms with Gasteiger partial charge in [-0.1, -0.05) is 96.8 Å². The van der Waals surface area contributed by atoms with Crippen LogP contribution < -0.4 is 21.8 Å². The number of nitrogens with zero attached hydrogens (tertiary/aromatic N) is 7. The van der Waals surface area contributed by atoms with Crippen molar-refractivity contribution in [1.82, 2.24) is 55.1 Å². The average Bonchev–Trinajstić information content (AvgIpc) is 1.94. The van der Waals surface area contributed by atoms with Crippen LogP contribution in [0.15, 0.2) is 125 Å². The Bertz CT molecular complexity index is 4600. The molecule has 2 aliphatic heterocycles. The van der Waals surface area contributed by atoms with E-state index in [1.165, 1.54) is 50.5 Å². The molecule has 0 bridgehead atoms. The largest absolute Gasteiger partial charge is 0.382 e. The van der Waals surface area contributed by atoms with E-state index in [0.717, 1.165) is 46.6 Å². The van der Waals surface area contributed by atoms with Crippen LogP contribution >= 0.6 is 0 Å². The summed E-state index contributed by atoms with van der Waals surface area (Å²) in [5, 5.41) is 25.1. The van der Waals surface area contributed by atoms with Crippen LogP contribution in [-0.2, 0) is 50.9 Å². The molecule has 6 aromatic carbocycles. The van der Waals surface area contributed by atoms with Gasteiger partial charge in [-0.15, -0.1) is 0 Å². The summed E-state index contributed by atoms with van der Waals surface area (Å²) in [6.07, 6.45) is 5.95. The second-order valence-corrected chi connectivity index (χ2v) is 22.0. The highest BCUT2D eigenvalue weighted by Crippen LogP contribution is 2.38. The van der Waals surface area contributed by atoms with Gasteiger partial charge in [-0.25, -0.2) is 24.3 Å². The lowest BCUT2D eigenvalue weighted by Crippen LogP contribution is -2.27. The van der Waals surface area contributed by atoms with Crippen LogP contribution in [0.2, 0.25) is 0 Å². The number of aryl methyl sites for hydroxylation is 1. The lowest BCUT2D eigenvalue weighted by atomic mass is 9.90.